The summed E-state index contributed by atoms with van der Waals surface area (Å²) in [5.74, 6) is 2.58. The molecule has 1 aliphatic heterocycles. The third-order valence-electron chi connectivity index (χ3n) is 5.07. The summed E-state index contributed by atoms with van der Waals surface area (Å²) in [5, 5.41) is 3.42. The molecule has 1 aromatic heterocycles. The molecule has 2 heterocycles. The Kier molecular flexibility index (Phi) is 5.71. The summed E-state index contributed by atoms with van der Waals surface area (Å²) in [7, 11) is 1.69. The summed E-state index contributed by atoms with van der Waals surface area (Å²) in [6.07, 6.45) is 3.36. The summed E-state index contributed by atoms with van der Waals surface area (Å²) in [6, 6.07) is 20.6. The standard InChI is InChI=1S/C23H26N4O/c1-28-20-11-9-18(10-12-20)13-14-24-23-25-21(19-7-3-2-4-8-19)17-22(26-23)27-15-5-6-16-27/h2-4,7-12,17H,5-6,13-16H2,1H3,(H,24,25,26). The van der Waals surface area contributed by atoms with Gasteiger partial charge < -0.3 is 15.0 Å². The van der Waals surface area contributed by atoms with Gasteiger partial charge >= 0.3 is 0 Å². The number of hydrogen-bond acceptors (Lipinski definition) is 5. The predicted octanol–water partition coefficient (Wildman–Crippen LogP) is 4.41. The van der Waals surface area contributed by atoms with Crippen LogP contribution in [0, 0.1) is 0 Å². The molecule has 0 unspecified atom stereocenters. The molecule has 5 nitrogen and oxygen atoms in total. The van der Waals surface area contributed by atoms with Crippen molar-refractivity contribution >= 4 is 11.8 Å². The van der Waals surface area contributed by atoms with Crippen LogP contribution in [0.2, 0.25) is 0 Å². The van der Waals surface area contributed by atoms with Crippen LogP contribution < -0.4 is 15.0 Å². The molecule has 1 N–H and O–H groups in total. The topological polar surface area (TPSA) is 50.3 Å². The van der Waals surface area contributed by atoms with Crippen LogP contribution in [0.1, 0.15) is 18.4 Å². The van der Waals surface area contributed by atoms with E-state index < -0.39 is 0 Å². The number of hydrogen-bond donors (Lipinski definition) is 1. The molecule has 144 valence electrons. The summed E-state index contributed by atoms with van der Waals surface area (Å²) < 4.78 is 5.22. The van der Waals surface area contributed by atoms with Crippen LogP contribution in [0.3, 0.4) is 0 Å². The largest absolute Gasteiger partial charge is 0.497 e. The van der Waals surface area contributed by atoms with E-state index in [1.54, 1.807) is 7.11 Å². The maximum Gasteiger partial charge on any atom is 0.225 e. The Morgan fingerprint density at radius 2 is 1.71 bits per heavy atom. The third kappa shape index (κ3) is 4.42. The molecule has 0 amide bonds. The SMILES string of the molecule is COc1ccc(CCNc2nc(-c3ccccc3)cc(N3CCCC3)n2)cc1. The van der Waals surface area contributed by atoms with E-state index in [1.165, 1.54) is 18.4 Å². The van der Waals surface area contributed by atoms with Gasteiger partial charge in [-0.2, -0.15) is 4.98 Å². The zero-order chi connectivity index (χ0) is 19.2. The minimum absolute atomic E-state index is 0.691. The summed E-state index contributed by atoms with van der Waals surface area (Å²) >= 11 is 0. The average Bonchev–Trinajstić information content (AvgIpc) is 3.30. The Balaban J connectivity index is 1.50. The Bertz CT molecular complexity index is 890. The number of ether oxygens (including phenoxy) is 1. The van der Waals surface area contributed by atoms with Crippen molar-refractivity contribution in [2.45, 2.75) is 19.3 Å². The minimum atomic E-state index is 0.691. The van der Waals surface area contributed by atoms with E-state index in [2.05, 4.69) is 40.5 Å². The second-order valence-corrected chi connectivity index (χ2v) is 7.02. The van der Waals surface area contributed by atoms with E-state index >= 15 is 0 Å². The van der Waals surface area contributed by atoms with Gasteiger partial charge in [0.05, 0.1) is 12.8 Å². The van der Waals surface area contributed by atoms with E-state index in [9.17, 15) is 0 Å². The van der Waals surface area contributed by atoms with E-state index in [4.69, 9.17) is 14.7 Å². The molecular weight excluding hydrogens is 348 g/mol. The highest BCUT2D eigenvalue weighted by molar-refractivity contribution is 5.65. The Hall–Kier alpha value is -3.08. The van der Waals surface area contributed by atoms with Crippen LogP contribution in [-0.2, 0) is 6.42 Å². The number of aromatic nitrogens is 2. The fourth-order valence-electron chi connectivity index (χ4n) is 3.49. The molecule has 0 radical (unpaired) electrons. The molecule has 3 aromatic rings. The highest BCUT2D eigenvalue weighted by Gasteiger charge is 2.16. The Labute approximate surface area is 166 Å². The van der Waals surface area contributed by atoms with Gasteiger partial charge in [-0.3, -0.25) is 0 Å². The fraction of sp³-hybridized carbons (Fsp3) is 0.304. The highest BCUT2D eigenvalue weighted by Crippen LogP contribution is 2.25. The van der Waals surface area contributed by atoms with Gasteiger partial charge in [0.1, 0.15) is 11.6 Å². The smallest absolute Gasteiger partial charge is 0.225 e. The van der Waals surface area contributed by atoms with Crippen LogP contribution in [0.15, 0.2) is 60.7 Å². The first-order valence-corrected chi connectivity index (χ1v) is 9.88. The number of rotatable bonds is 7. The number of anilines is 2. The van der Waals surface area contributed by atoms with E-state index in [0.29, 0.717) is 5.95 Å². The van der Waals surface area contributed by atoms with Crippen LogP contribution >= 0.6 is 0 Å². The quantitative estimate of drug-likeness (QED) is 0.664. The summed E-state index contributed by atoms with van der Waals surface area (Å²) in [4.78, 5) is 11.9. The lowest BCUT2D eigenvalue weighted by molar-refractivity contribution is 0.414. The summed E-state index contributed by atoms with van der Waals surface area (Å²) in [6.45, 7) is 2.91. The Morgan fingerprint density at radius 3 is 2.43 bits per heavy atom. The van der Waals surface area contributed by atoms with E-state index in [1.807, 2.05) is 30.3 Å². The molecule has 0 atom stereocenters. The first-order chi connectivity index (χ1) is 13.8. The van der Waals surface area contributed by atoms with Gasteiger partial charge in [-0.1, -0.05) is 42.5 Å². The zero-order valence-corrected chi connectivity index (χ0v) is 16.3. The molecule has 0 spiro atoms. The van der Waals surface area contributed by atoms with Crippen LogP contribution in [-0.4, -0.2) is 36.7 Å². The molecule has 1 aliphatic rings. The third-order valence-corrected chi connectivity index (χ3v) is 5.07. The van der Waals surface area contributed by atoms with Crippen molar-refractivity contribution in [1.29, 1.82) is 0 Å². The van der Waals surface area contributed by atoms with Crippen molar-refractivity contribution in [2.75, 3.05) is 37.0 Å². The Morgan fingerprint density at radius 1 is 0.964 bits per heavy atom. The molecule has 0 saturated carbocycles. The van der Waals surface area contributed by atoms with Gasteiger partial charge in [0.15, 0.2) is 0 Å². The fourth-order valence-corrected chi connectivity index (χ4v) is 3.49. The van der Waals surface area contributed by atoms with Crippen molar-refractivity contribution in [2.24, 2.45) is 0 Å². The lowest BCUT2D eigenvalue weighted by Gasteiger charge is -2.18. The van der Waals surface area contributed by atoms with Gasteiger partial charge in [0, 0.05) is 31.3 Å². The van der Waals surface area contributed by atoms with Gasteiger partial charge in [-0.15, -0.1) is 0 Å². The molecule has 0 aliphatic carbocycles. The maximum atomic E-state index is 5.22. The minimum Gasteiger partial charge on any atom is -0.497 e. The van der Waals surface area contributed by atoms with Crippen molar-refractivity contribution in [1.82, 2.24) is 9.97 Å². The lowest BCUT2D eigenvalue weighted by Crippen LogP contribution is -2.20. The normalized spacial score (nSPS) is 13.5. The first kappa shape index (κ1) is 18.3. The van der Waals surface area contributed by atoms with E-state index in [-0.39, 0.29) is 0 Å². The highest BCUT2D eigenvalue weighted by atomic mass is 16.5. The maximum absolute atomic E-state index is 5.22. The number of methoxy groups -OCH3 is 1. The summed E-state index contributed by atoms with van der Waals surface area (Å²) in [5.41, 5.74) is 3.33. The molecule has 28 heavy (non-hydrogen) atoms. The van der Waals surface area contributed by atoms with Crippen molar-refractivity contribution in [3.05, 3.63) is 66.2 Å². The first-order valence-electron chi connectivity index (χ1n) is 9.88. The molecule has 4 rings (SSSR count). The van der Waals surface area contributed by atoms with Gasteiger partial charge in [-0.05, 0) is 37.0 Å². The number of benzene rings is 2. The lowest BCUT2D eigenvalue weighted by atomic mass is 10.1. The molecular formula is C23H26N4O. The average molecular weight is 374 g/mol. The van der Waals surface area contributed by atoms with Crippen molar-refractivity contribution in [3.8, 4) is 17.0 Å². The van der Waals surface area contributed by atoms with Crippen LogP contribution in [0.25, 0.3) is 11.3 Å². The molecule has 5 heteroatoms. The van der Waals surface area contributed by atoms with Gasteiger partial charge in [0.25, 0.3) is 0 Å². The van der Waals surface area contributed by atoms with Gasteiger partial charge in [0.2, 0.25) is 5.95 Å². The monoisotopic (exact) mass is 374 g/mol. The molecule has 2 aromatic carbocycles. The van der Waals surface area contributed by atoms with Crippen LogP contribution in [0.4, 0.5) is 11.8 Å². The second-order valence-electron chi connectivity index (χ2n) is 7.02. The zero-order valence-electron chi connectivity index (χ0n) is 16.3. The number of nitrogens with one attached hydrogen (secondary N) is 1. The molecule has 0 bridgehead atoms. The number of nitrogens with zero attached hydrogens (tertiary/aromatic N) is 3. The predicted molar refractivity (Wildman–Crippen MR) is 114 cm³/mol. The van der Waals surface area contributed by atoms with Crippen molar-refractivity contribution in [3.63, 3.8) is 0 Å². The molecule has 1 saturated heterocycles. The molecule has 1 fully saturated rings. The van der Waals surface area contributed by atoms with E-state index in [0.717, 1.165) is 48.9 Å². The van der Waals surface area contributed by atoms with Gasteiger partial charge in [-0.25, -0.2) is 4.98 Å². The second kappa shape index (κ2) is 8.74. The van der Waals surface area contributed by atoms with Crippen LogP contribution in [0.5, 0.6) is 5.75 Å². The van der Waals surface area contributed by atoms with Crippen molar-refractivity contribution < 1.29 is 4.74 Å².